The molecule has 6 nitrogen and oxygen atoms in total. The van der Waals surface area contributed by atoms with Crippen molar-refractivity contribution in [2.24, 2.45) is 0 Å². The van der Waals surface area contributed by atoms with Crippen LogP contribution in [-0.2, 0) is 0 Å². The lowest BCUT2D eigenvalue weighted by Crippen LogP contribution is -2.12. The number of benzene rings is 3. The third kappa shape index (κ3) is 3.89. The average Bonchev–Trinajstić information content (AvgIpc) is 2.77. The number of methoxy groups -OCH3 is 1. The van der Waals surface area contributed by atoms with Crippen LogP contribution in [0.15, 0.2) is 82.0 Å². The van der Waals surface area contributed by atoms with Crippen molar-refractivity contribution in [2.45, 2.75) is 0 Å². The van der Waals surface area contributed by atoms with E-state index in [9.17, 15) is 14.7 Å². The van der Waals surface area contributed by atoms with E-state index in [2.05, 4.69) is 0 Å². The summed E-state index contributed by atoms with van der Waals surface area (Å²) in [7, 11) is 1.52. The lowest BCUT2D eigenvalue weighted by Gasteiger charge is -2.09. The number of fused-ring (bicyclic) bond motifs is 1. The van der Waals surface area contributed by atoms with E-state index in [1.165, 1.54) is 25.3 Å². The summed E-state index contributed by atoms with van der Waals surface area (Å²) in [4.78, 5) is 24.9. The third-order valence-corrected chi connectivity index (χ3v) is 4.60. The van der Waals surface area contributed by atoms with E-state index in [0.29, 0.717) is 17.1 Å². The van der Waals surface area contributed by atoms with E-state index < -0.39 is 0 Å². The van der Waals surface area contributed by atoms with Gasteiger partial charge in [0.15, 0.2) is 17.8 Å². The maximum atomic E-state index is 12.5. The Kier molecular flexibility index (Phi) is 5.22. The van der Waals surface area contributed by atoms with Crippen LogP contribution in [-0.4, -0.2) is 24.6 Å². The molecule has 150 valence electrons. The standard InChI is InChI=1S/C24H18O6/c1-28-17-9-5-8-16(10-17)21(27)14-29-18-11-19(25)24-20(26)13-22(30-23(24)12-18)15-6-3-2-4-7-15/h2-13,25H,14H2,1H3. The van der Waals surface area contributed by atoms with Gasteiger partial charge in [0.25, 0.3) is 0 Å². The van der Waals surface area contributed by atoms with Gasteiger partial charge in [0, 0.05) is 29.3 Å². The van der Waals surface area contributed by atoms with Gasteiger partial charge < -0.3 is 19.0 Å². The number of rotatable bonds is 6. The van der Waals surface area contributed by atoms with E-state index in [4.69, 9.17) is 13.9 Å². The van der Waals surface area contributed by atoms with Crippen LogP contribution in [0.4, 0.5) is 0 Å². The Balaban J connectivity index is 1.63. The first kappa shape index (κ1) is 19.3. The summed E-state index contributed by atoms with van der Waals surface area (Å²) >= 11 is 0. The number of hydrogen-bond donors (Lipinski definition) is 1. The van der Waals surface area contributed by atoms with Crippen LogP contribution in [0.5, 0.6) is 17.2 Å². The fourth-order valence-electron chi connectivity index (χ4n) is 3.10. The van der Waals surface area contributed by atoms with Gasteiger partial charge in [-0.2, -0.15) is 0 Å². The number of aromatic hydroxyl groups is 1. The number of phenols is 1. The lowest BCUT2D eigenvalue weighted by atomic mass is 10.1. The maximum Gasteiger partial charge on any atom is 0.200 e. The Labute approximate surface area is 171 Å². The highest BCUT2D eigenvalue weighted by Crippen LogP contribution is 2.31. The van der Waals surface area contributed by atoms with Crippen molar-refractivity contribution in [3.8, 4) is 28.6 Å². The van der Waals surface area contributed by atoms with E-state index in [0.717, 1.165) is 5.56 Å². The molecule has 1 N–H and O–H groups in total. The number of Topliss-reactive ketones (excluding diaryl/α,β-unsaturated/α-hetero) is 1. The molecule has 30 heavy (non-hydrogen) atoms. The van der Waals surface area contributed by atoms with Crippen LogP contribution in [0.3, 0.4) is 0 Å². The average molecular weight is 402 g/mol. The topological polar surface area (TPSA) is 86.0 Å². The number of hydrogen-bond acceptors (Lipinski definition) is 6. The molecule has 4 aromatic rings. The summed E-state index contributed by atoms with van der Waals surface area (Å²) < 4.78 is 16.5. The van der Waals surface area contributed by atoms with Crippen molar-refractivity contribution >= 4 is 16.8 Å². The molecule has 0 bridgehead atoms. The first-order valence-corrected chi connectivity index (χ1v) is 9.21. The van der Waals surface area contributed by atoms with Crippen LogP contribution in [0, 0.1) is 0 Å². The monoisotopic (exact) mass is 402 g/mol. The summed E-state index contributed by atoms with van der Waals surface area (Å²) in [5.41, 5.74) is 0.976. The Morgan fingerprint density at radius 3 is 2.53 bits per heavy atom. The predicted molar refractivity (Wildman–Crippen MR) is 112 cm³/mol. The lowest BCUT2D eigenvalue weighted by molar-refractivity contribution is 0.0921. The Hall–Kier alpha value is -4.06. The second-order valence-corrected chi connectivity index (χ2v) is 6.60. The van der Waals surface area contributed by atoms with Crippen molar-refractivity contribution in [1.82, 2.24) is 0 Å². The minimum Gasteiger partial charge on any atom is -0.507 e. The van der Waals surface area contributed by atoms with Crippen molar-refractivity contribution in [2.75, 3.05) is 13.7 Å². The van der Waals surface area contributed by atoms with Crippen LogP contribution in [0.2, 0.25) is 0 Å². The summed E-state index contributed by atoms with van der Waals surface area (Å²) in [6.45, 7) is -0.249. The molecule has 0 aliphatic heterocycles. The molecule has 0 aliphatic rings. The predicted octanol–water partition coefficient (Wildman–Crippen LogP) is 4.44. The van der Waals surface area contributed by atoms with Crippen LogP contribution in [0.1, 0.15) is 10.4 Å². The molecule has 0 amide bonds. The molecule has 0 radical (unpaired) electrons. The fraction of sp³-hybridized carbons (Fsp3) is 0.0833. The van der Waals surface area contributed by atoms with Gasteiger partial charge in [-0.25, -0.2) is 0 Å². The summed E-state index contributed by atoms with van der Waals surface area (Å²) in [6, 6.07) is 20.0. The molecule has 0 saturated heterocycles. The quantitative estimate of drug-likeness (QED) is 0.480. The fourth-order valence-corrected chi connectivity index (χ4v) is 3.10. The van der Waals surface area contributed by atoms with Gasteiger partial charge in [0.2, 0.25) is 0 Å². The number of carbonyl (C=O) groups is 1. The van der Waals surface area contributed by atoms with Crippen molar-refractivity contribution in [3.63, 3.8) is 0 Å². The van der Waals surface area contributed by atoms with Crippen LogP contribution in [0.25, 0.3) is 22.3 Å². The smallest absolute Gasteiger partial charge is 0.200 e. The zero-order valence-corrected chi connectivity index (χ0v) is 16.1. The second-order valence-electron chi connectivity index (χ2n) is 6.60. The van der Waals surface area contributed by atoms with E-state index >= 15 is 0 Å². The number of phenolic OH excluding ortho intramolecular Hbond substituents is 1. The van der Waals surface area contributed by atoms with Gasteiger partial charge in [0.1, 0.15) is 34.0 Å². The zero-order valence-electron chi connectivity index (χ0n) is 16.1. The number of ether oxygens (including phenoxy) is 2. The van der Waals surface area contributed by atoms with Crippen molar-refractivity contribution in [1.29, 1.82) is 0 Å². The highest BCUT2D eigenvalue weighted by atomic mass is 16.5. The van der Waals surface area contributed by atoms with Gasteiger partial charge >= 0.3 is 0 Å². The molecule has 0 spiro atoms. The molecular formula is C24H18O6. The summed E-state index contributed by atoms with van der Waals surface area (Å²) in [5.74, 6) is 0.624. The van der Waals surface area contributed by atoms with Crippen molar-refractivity contribution in [3.05, 3.63) is 88.6 Å². The third-order valence-electron chi connectivity index (χ3n) is 4.60. The largest absolute Gasteiger partial charge is 0.507 e. The van der Waals surface area contributed by atoms with E-state index in [1.54, 1.807) is 24.3 Å². The molecular weight excluding hydrogens is 384 g/mol. The highest BCUT2D eigenvalue weighted by Gasteiger charge is 2.14. The minimum atomic E-state index is -0.369. The Bertz CT molecular complexity index is 1270. The first-order chi connectivity index (χ1) is 14.5. The second kappa shape index (κ2) is 8.13. The molecule has 0 unspecified atom stereocenters. The molecule has 1 aromatic heterocycles. The molecule has 0 saturated carbocycles. The zero-order chi connectivity index (χ0) is 21.1. The first-order valence-electron chi connectivity index (χ1n) is 9.21. The van der Waals surface area contributed by atoms with Gasteiger partial charge in [-0.1, -0.05) is 42.5 Å². The Morgan fingerprint density at radius 1 is 0.967 bits per heavy atom. The molecule has 3 aromatic carbocycles. The minimum absolute atomic E-state index is 0.0566. The van der Waals surface area contributed by atoms with Crippen LogP contribution < -0.4 is 14.9 Å². The summed E-state index contributed by atoms with van der Waals surface area (Å²) in [5, 5.41) is 10.4. The highest BCUT2D eigenvalue weighted by molar-refractivity contribution is 5.97. The molecule has 6 heteroatoms. The summed E-state index contributed by atoms with van der Waals surface area (Å²) in [6.07, 6.45) is 0. The number of carbonyl (C=O) groups excluding carboxylic acids is 1. The van der Waals surface area contributed by atoms with Gasteiger partial charge in [-0.05, 0) is 12.1 Å². The molecule has 0 fully saturated rings. The molecule has 4 rings (SSSR count). The van der Waals surface area contributed by atoms with E-state index in [1.807, 2.05) is 30.3 Å². The van der Waals surface area contributed by atoms with Crippen LogP contribution >= 0.6 is 0 Å². The number of ketones is 1. The molecule has 0 atom stereocenters. The maximum absolute atomic E-state index is 12.5. The van der Waals surface area contributed by atoms with Gasteiger partial charge in [-0.3, -0.25) is 9.59 Å². The molecule has 1 heterocycles. The van der Waals surface area contributed by atoms with E-state index in [-0.39, 0.29) is 40.3 Å². The molecule has 0 aliphatic carbocycles. The Morgan fingerprint density at radius 2 is 1.77 bits per heavy atom. The van der Waals surface area contributed by atoms with Gasteiger partial charge in [0.05, 0.1) is 7.11 Å². The normalized spacial score (nSPS) is 10.7. The van der Waals surface area contributed by atoms with Crippen molar-refractivity contribution < 1.29 is 23.8 Å². The SMILES string of the molecule is COc1cccc(C(=O)COc2cc(O)c3c(=O)cc(-c4ccccc4)oc3c2)c1. The van der Waals surface area contributed by atoms with Gasteiger partial charge in [-0.15, -0.1) is 0 Å².